The van der Waals surface area contributed by atoms with Crippen LogP contribution in [0.3, 0.4) is 0 Å². The summed E-state index contributed by atoms with van der Waals surface area (Å²) in [7, 11) is 0. The van der Waals surface area contributed by atoms with E-state index in [0.717, 1.165) is 0 Å². The molecular weight excluding hydrogens is 384 g/mol. The summed E-state index contributed by atoms with van der Waals surface area (Å²) in [5.74, 6) is 0.321. The number of pyridine rings is 1. The van der Waals surface area contributed by atoms with Gasteiger partial charge < -0.3 is 4.74 Å². The third-order valence-electron chi connectivity index (χ3n) is 3.62. The van der Waals surface area contributed by atoms with Crippen LogP contribution < -0.4 is 0 Å². The van der Waals surface area contributed by atoms with E-state index in [1.807, 2.05) is 20.8 Å². The Kier molecular flexibility index (Phi) is 4.18. The highest BCUT2D eigenvalue weighted by Gasteiger charge is 2.40. The molecule has 0 saturated heterocycles. The van der Waals surface area contributed by atoms with Crippen molar-refractivity contribution in [2.45, 2.75) is 39.3 Å². The van der Waals surface area contributed by atoms with Crippen LogP contribution in [0.2, 0.25) is 5.02 Å². The summed E-state index contributed by atoms with van der Waals surface area (Å²) in [6, 6.07) is 3.34. The Morgan fingerprint density at radius 3 is 2.87 bits per heavy atom. The largest absolute Gasteiger partial charge is 0.454 e. The normalized spacial score (nSPS) is 20.4. The van der Waals surface area contributed by atoms with E-state index < -0.39 is 11.5 Å². The smallest absolute Gasteiger partial charge is 0.311 e. The first-order valence-corrected chi connectivity index (χ1v) is 8.38. The molecule has 0 saturated carbocycles. The molecule has 0 amide bonds. The van der Waals surface area contributed by atoms with Crippen LogP contribution in [0.1, 0.15) is 50.9 Å². The summed E-state index contributed by atoms with van der Waals surface area (Å²) in [4.78, 5) is 20.9. The van der Waals surface area contributed by atoms with Crippen molar-refractivity contribution in [1.82, 2.24) is 19.7 Å². The van der Waals surface area contributed by atoms with Crippen LogP contribution in [-0.4, -0.2) is 25.7 Å². The third-order valence-corrected chi connectivity index (χ3v) is 4.27. The number of fused-ring (bicyclic) bond motifs is 1. The van der Waals surface area contributed by atoms with Crippen LogP contribution in [0.4, 0.5) is 0 Å². The molecule has 0 radical (unpaired) electrons. The number of esters is 1. The van der Waals surface area contributed by atoms with E-state index in [1.54, 1.807) is 23.0 Å². The number of rotatable bonds is 2. The standard InChI is InChI=1S/C15H16BrClN4O2/c1-15(2,3)13(22)23-10-7-9(11-8(17)5-4-6-18-11)21-12(10)19-14(16)20-21/h4-6,9-10H,7H2,1-3H3/t9-,10-/m0/s1. The van der Waals surface area contributed by atoms with Crippen LogP contribution in [0.15, 0.2) is 23.1 Å². The number of hydrogen-bond acceptors (Lipinski definition) is 5. The van der Waals surface area contributed by atoms with Crippen molar-refractivity contribution in [1.29, 1.82) is 0 Å². The van der Waals surface area contributed by atoms with Gasteiger partial charge in [0.25, 0.3) is 0 Å². The van der Waals surface area contributed by atoms with Crippen molar-refractivity contribution in [3.8, 4) is 0 Å². The summed E-state index contributed by atoms with van der Waals surface area (Å²) in [6.45, 7) is 5.45. The van der Waals surface area contributed by atoms with Gasteiger partial charge >= 0.3 is 5.97 Å². The maximum absolute atomic E-state index is 12.2. The van der Waals surface area contributed by atoms with Crippen LogP contribution in [0, 0.1) is 5.41 Å². The fraction of sp³-hybridized carbons (Fsp3) is 0.467. The minimum atomic E-state index is -0.581. The second kappa shape index (κ2) is 5.87. The van der Waals surface area contributed by atoms with Crippen molar-refractivity contribution in [2.75, 3.05) is 0 Å². The van der Waals surface area contributed by atoms with Gasteiger partial charge in [0.2, 0.25) is 4.73 Å². The first-order chi connectivity index (χ1) is 10.8. The number of nitrogens with zero attached hydrogens (tertiary/aromatic N) is 4. The van der Waals surface area contributed by atoms with Gasteiger partial charge in [0.15, 0.2) is 11.9 Å². The van der Waals surface area contributed by atoms with E-state index in [9.17, 15) is 4.79 Å². The maximum atomic E-state index is 12.2. The molecule has 1 aliphatic rings. The highest BCUT2D eigenvalue weighted by Crippen LogP contribution is 2.41. The monoisotopic (exact) mass is 398 g/mol. The average molecular weight is 400 g/mol. The molecule has 0 aliphatic carbocycles. The predicted molar refractivity (Wildman–Crippen MR) is 88.0 cm³/mol. The molecule has 0 aromatic carbocycles. The molecule has 2 aromatic rings. The highest BCUT2D eigenvalue weighted by atomic mass is 79.9. The molecule has 0 bridgehead atoms. The van der Waals surface area contributed by atoms with Crippen LogP contribution in [0.5, 0.6) is 0 Å². The van der Waals surface area contributed by atoms with Gasteiger partial charge in [0.1, 0.15) is 6.04 Å². The Labute approximate surface area is 147 Å². The van der Waals surface area contributed by atoms with Crippen molar-refractivity contribution >= 4 is 33.5 Å². The Morgan fingerprint density at radius 2 is 2.22 bits per heavy atom. The summed E-state index contributed by atoms with van der Waals surface area (Å²) in [5.41, 5.74) is 0.116. The molecule has 0 unspecified atom stereocenters. The molecule has 8 heteroatoms. The fourth-order valence-electron chi connectivity index (χ4n) is 2.44. The molecular formula is C15H16BrClN4O2. The number of carbonyl (C=O) groups is 1. The second-order valence-corrected chi connectivity index (χ2v) is 7.57. The molecule has 0 fully saturated rings. The number of hydrogen-bond donors (Lipinski definition) is 0. The third kappa shape index (κ3) is 3.12. The first kappa shape index (κ1) is 16.4. The Morgan fingerprint density at radius 1 is 1.48 bits per heavy atom. The molecule has 2 atom stereocenters. The zero-order valence-corrected chi connectivity index (χ0v) is 15.3. The minimum absolute atomic E-state index is 0.213. The van der Waals surface area contributed by atoms with Gasteiger partial charge in [-0.05, 0) is 48.8 Å². The average Bonchev–Trinajstić information content (AvgIpc) is 2.97. The van der Waals surface area contributed by atoms with Gasteiger partial charge in [0.05, 0.1) is 16.1 Å². The van der Waals surface area contributed by atoms with Crippen molar-refractivity contribution in [2.24, 2.45) is 5.41 Å². The molecule has 3 heterocycles. The lowest BCUT2D eigenvalue weighted by atomic mass is 9.97. The second-order valence-electron chi connectivity index (χ2n) is 6.45. The molecule has 6 nitrogen and oxygen atoms in total. The van der Waals surface area contributed by atoms with Gasteiger partial charge in [-0.3, -0.25) is 9.78 Å². The van der Waals surface area contributed by atoms with E-state index in [0.29, 0.717) is 27.7 Å². The van der Waals surface area contributed by atoms with E-state index in [-0.39, 0.29) is 12.0 Å². The molecule has 0 N–H and O–H groups in total. The van der Waals surface area contributed by atoms with Crippen molar-refractivity contribution in [3.63, 3.8) is 0 Å². The van der Waals surface area contributed by atoms with E-state index in [1.165, 1.54) is 0 Å². The van der Waals surface area contributed by atoms with Gasteiger partial charge in [0, 0.05) is 12.6 Å². The number of aromatic nitrogens is 4. The molecule has 2 aromatic heterocycles. The van der Waals surface area contributed by atoms with Gasteiger partial charge in [-0.15, -0.1) is 5.10 Å². The highest BCUT2D eigenvalue weighted by molar-refractivity contribution is 9.10. The Balaban J connectivity index is 1.95. The topological polar surface area (TPSA) is 69.9 Å². The van der Waals surface area contributed by atoms with Crippen LogP contribution >= 0.6 is 27.5 Å². The van der Waals surface area contributed by atoms with E-state index >= 15 is 0 Å². The quantitative estimate of drug-likeness (QED) is 0.720. The van der Waals surface area contributed by atoms with Crippen molar-refractivity contribution < 1.29 is 9.53 Å². The summed E-state index contributed by atoms with van der Waals surface area (Å²) < 4.78 is 7.82. The molecule has 3 rings (SSSR count). The van der Waals surface area contributed by atoms with Crippen LogP contribution in [-0.2, 0) is 9.53 Å². The van der Waals surface area contributed by atoms with Crippen LogP contribution in [0.25, 0.3) is 0 Å². The molecule has 23 heavy (non-hydrogen) atoms. The Hall–Kier alpha value is -1.47. The zero-order valence-electron chi connectivity index (χ0n) is 13.0. The van der Waals surface area contributed by atoms with Crippen molar-refractivity contribution in [3.05, 3.63) is 39.6 Å². The number of ether oxygens (including phenoxy) is 1. The number of halogens is 2. The van der Waals surface area contributed by atoms with E-state index in [2.05, 4.69) is 31.0 Å². The summed E-state index contributed by atoms with van der Waals surface area (Å²) in [5, 5.41) is 4.90. The lowest BCUT2D eigenvalue weighted by Gasteiger charge is -2.20. The fourth-order valence-corrected chi connectivity index (χ4v) is 3.04. The van der Waals surface area contributed by atoms with Gasteiger partial charge in [-0.25, -0.2) is 9.67 Å². The lowest BCUT2D eigenvalue weighted by molar-refractivity contribution is -0.159. The zero-order chi connectivity index (χ0) is 16.8. The van der Waals surface area contributed by atoms with E-state index in [4.69, 9.17) is 16.3 Å². The van der Waals surface area contributed by atoms with Gasteiger partial charge in [-0.1, -0.05) is 11.6 Å². The maximum Gasteiger partial charge on any atom is 0.311 e. The SMILES string of the molecule is CC(C)(C)C(=O)O[C@H]1C[C@@H](c2ncccc2Cl)n2nc(Br)nc21. The minimum Gasteiger partial charge on any atom is -0.454 e. The summed E-state index contributed by atoms with van der Waals surface area (Å²) in [6.07, 6.45) is 1.73. The van der Waals surface area contributed by atoms with Gasteiger partial charge in [-0.2, -0.15) is 0 Å². The Bertz CT molecular complexity index is 756. The predicted octanol–water partition coefficient (Wildman–Crippen LogP) is 3.71. The molecule has 122 valence electrons. The molecule has 1 aliphatic heterocycles. The first-order valence-electron chi connectivity index (χ1n) is 7.21. The lowest BCUT2D eigenvalue weighted by Crippen LogP contribution is -2.24. The number of carbonyl (C=O) groups excluding carboxylic acids is 1. The summed E-state index contributed by atoms with van der Waals surface area (Å²) >= 11 is 9.53. The molecule has 0 spiro atoms.